The predicted molar refractivity (Wildman–Crippen MR) is 107 cm³/mol. The SMILES string of the molecule is CN=C(NCCOC)NCCc1ccc(OCC(C)C)cc1.I. The molecule has 0 atom stereocenters. The molecule has 0 spiro atoms. The maximum absolute atomic E-state index is 5.68. The summed E-state index contributed by atoms with van der Waals surface area (Å²) >= 11 is 0. The number of rotatable bonds is 9. The van der Waals surface area contributed by atoms with Gasteiger partial charge in [0.2, 0.25) is 0 Å². The number of hydrogen-bond donors (Lipinski definition) is 2. The average Bonchev–Trinajstić information content (AvgIpc) is 2.52. The number of benzene rings is 1. The zero-order chi connectivity index (χ0) is 16.2. The van der Waals surface area contributed by atoms with Crippen LogP contribution in [0, 0.1) is 5.92 Å². The molecule has 1 aromatic carbocycles. The Labute approximate surface area is 157 Å². The van der Waals surface area contributed by atoms with Crippen LogP contribution in [0.5, 0.6) is 5.75 Å². The van der Waals surface area contributed by atoms with Crippen LogP contribution >= 0.6 is 24.0 Å². The molecule has 2 N–H and O–H groups in total. The molecule has 0 bridgehead atoms. The summed E-state index contributed by atoms with van der Waals surface area (Å²) < 4.78 is 10.7. The van der Waals surface area contributed by atoms with Crippen LogP contribution in [0.25, 0.3) is 0 Å². The monoisotopic (exact) mass is 435 g/mol. The molecule has 0 heterocycles. The van der Waals surface area contributed by atoms with Crippen molar-refractivity contribution in [3.8, 4) is 5.75 Å². The Morgan fingerprint density at radius 2 is 1.78 bits per heavy atom. The molecule has 0 aromatic heterocycles. The van der Waals surface area contributed by atoms with Gasteiger partial charge in [0.25, 0.3) is 0 Å². The van der Waals surface area contributed by atoms with E-state index in [9.17, 15) is 0 Å². The first kappa shape index (κ1) is 22.0. The van der Waals surface area contributed by atoms with Gasteiger partial charge in [-0.15, -0.1) is 24.0 Å². The normalized spacial score (nSPS) is 11.1. The fourth-order valence-corrected chi connectivity index (χ4v) is 1.83. The van der Waals surface area contributed by atoms with E-state index in [0.717, 1.165) is 37.8 Å². The van der Waals surface area contributed by atoms with E-state index in [1.165, 1.54) is 5.56 Å². The lowest BCUT2D eigenvalue weighted by Crippen LogP contribution is -2.39. The minimum Gasteiger partial charge on any atom is -0.493 e. The van der Waals surface area contributed by atoms with Gasteiger partial charge in [0, 0.05) is 27.2 Å². The highest BCUT2D eigenvalue weighted by molar-refractivity contribution is 14.0. The second-order valence-electron chi connectivity index (χ2n) is 5.52. The van der Waals surface area contributed by atoms with Crippen molar-refractivity contribution < 1.29 is 9.47 Å². The molecule has 0 radical (unpaired) electrons. The molecule has 0 amide bonds. The van der Waals surface area contributed by atoms with Crippen molar-refractivity contribution in [3.63, 3.8) is 0 Å². The van der Waals surface area contributed by atoms with Gasteiger partial charge in [0.05, 0.1) is 13.2 Å². The third-order valence-electron chi connectivity index (χ3n) is 3.04. The lowest BCUT2D eigenvalue weighted by Gasteiger charge is -2.12. The van der Waals surface area contributed by atoms with Crippen molar-refractivity contribution in [1.82, 2.24) is 10.6 Å². The summed E-state index contributed by atoms with van der Waals surface area (Å²) in [7, 11) is 3.45. The van der Waals surface area contributed by atoms with Gasteiger partial charge < -0.3 is 20.1 Å². The molecule has 0 saturated heterocycles. The van der Waals surface area contributed by atoms with Gasteiger partial charge in [-0.25, -0.2) is 0 Å². The number of methoxy groups -OCH3 is 1. The Balaban J connectivity index is 0.00000484. The van der Waals surface area contributed by atoms with E-state index < -0.39 is 0 Å². The average molecular weight is 435 g/mol. The molecule has 1 rings (SSSR count). The highest BCUT2D eigenvalue weighted by Crippen LogP contribution is 2.13. The third-order valence-corrected chi connectivity index (χ3v) is 3.04. The molecular formula is C17H30IN3O2. The molecule has 6 heteroatoms. The maximum atomic E-state index is 5.68. The first-order chi connectivity index (χ1) is 10.7. The van der Waals surface area contributed by atoms with Crippen LogP contribution < -0.4 is 15.4 Å². The highest BCUT2D eigenvalue weighted by Gasteiger charge is 2.00. The van der Waals surface area contributed by atoms with Crippen molar-refractivity contribution in [2.45, 2.75) is 20.3 Å². The van der Waals surface area contributed by atoms with Crippen LogP contribution in [0.1, 0.15) is 19.4 Å². The van der Waals surface area contributed by atoms with Crippen molar-refractivity contribution >= 4 is 29.9 Å². The summed E-state index contributed by atoms with van der Waals surface area (Å²) in [4.78, 5) is 4.16. The second-order valence-corrected chi connectivity index (χ2v) is 5.52. The van der Waals surface area contributed by atoms with Crippen molar-refractivity contribution in [2.24, 2.45) is 10.9 Å². The van der Waals surface area contributed by atoms with E-state index >= 15 is 0 Å². The van der Waals surface area contributed by atoms with Gasteiger partial charge >= 0.3 is 0 Å². The summed E-state index contributed by atoms with van der Waals surface area (Å²) in [6.07, 6.45) is 0.940. The number of halogens is 1. The summed E-state index contributed by atoms with van der Waals surface area (Å²) in [5.74, 6) is 2.28. The predicted octanol–water partition coefficient (Wildman–Crippen LogP) is 2.69. The smallest absolute Gasteiger partial charge is 0.191 e. The van der Waals surface area contributed by atoms with E-state index in [-0.39, 0.29) is 24.0 Å². The van der Waals surface area contributed by atoms with Gasteiger partial charge in [0.15, 0.2) is 5.96 Å². The van der Waals surface area contributed by atoms with E-state index in [0.29, 0.717) is 12.5 Å². The lowest BCUT2D eigenvalue weighted by molar-refractivity contribution is 0.203. The fraction of sp³-hybridized carbons (Fsp3) is 0.588. The summed E-state index contributed by atoms with van der Waals surface area (Å²) in [6, 6.07) is 8.28. The van der Waals surface area contributed by atoms with E-state index in [1.54, 1.807) is 14.2 Å². The standard InChI is InChI=1S/C17H29N3O2.HI/c1-14(2)13-22-16-7-5-15(6-8-16)9-10-19-17(18-3)20-11-12-21-4;/h5-8,14H,9-13H2,1-4H3,(H2,18,19,20);1H. The first-order valence-corrected chi connectivity index (χ1v) is 7.81. The zero-order valence-electron chi connectivity index (χ0n) is 14.6. The molecule has 0 aliphatic carbocycles. The minimum absolute atomic E-state index is 0. The molecule has 132 valence electrons. The van der Waals surface area contributed by atoms with E-state index in [1.807, 2.05) is 12.1 Å². The number of nitrogens with one attached hydrogen (secondary N) is 2. The largest absolute Gasteiger partial charge is 0.493 e. The molecule has 0 aliphatic rings. The van der Waals surface area contributed by atoms with Crippen LogP contribution in [-0.2, 0) is 11.2 Å². The van der Waals surface area contributed by atoms with Crippen LogP contribution in [0.4, 0.5) is 0 Å². The van der Waals surface area contributed by atoms with Gasteiger partial charge in [-0.1, -0.05) is 26.0 Å². The Morgan fingerprint density at radius 1 is 1.13 bits per heavy atom. The number of aliphatic imine (C=N–C) groups is 1. The Kier molecular flexibility index (Phi) is 12.8. The quantitative estimate of drug-likeness (QED) is 0.271. The van der Waals surface area contributed by atoms with Crippen molar-refractivity contribution in [2.75, 3.05) is 40.5 Å². The summed E-state index contributed by atoms with van der Waals surface area (Å²) in [6.45, 7) is 7.29. The van der Waals surface area contributed by atoms with Crippen LogP contribution in [-0.4, -0.2) is 46.4 Å². The Bertz CT molecular complexity index is 436. The molecule has 0 fully saturated rings. The van der Waals surface area contributed by atoms with Crippen LogP contribution in [0.15, 0.2) is 29.3 Å². The zero-order valence-corrected chi connectivity index (χ0v) is 16.9. The van der Waals surface area contributed by atoms with Crippen LogP contribution in [0.2, 0.25) is 0 Å². The fourth-order valence-electron chi connectivity index (χ4n) is 1.83. The molecule has 0 unspecified atom stereocenters. The third kappa shape index (κ3) is 10.4. The summed E-state index contributed by atoms with van der Waals surface area (Å²) in [5.41, 5.74) is 1.27. The molecule has 0 aliphatic heterocycles. The first-order valence-electron chi connectivity index (χ1n) is 7.81. The van der Waals surface area contributed by atoms with Crippen molar-refractivity contribution in [1.29, 1.82) is 0 Å². The molecule has 5 nitrogen and oxygen atoms in total. The van der Waals surface area contributed by atoms with Gasteiger partial charge in [-0.05, 0) is 30.0 Å². The number of guanidine groups is 1. The topological polar surface area (TPSA) is 54.9 Å². The van der Waals surface area contributed by atoms with E-state index in [4.69, 9.17) is 9.47 Å². The molecular weight excluding hydrogens is 405 g/mol. The Morgan fingerprint density at radius 3 is 2.35 bits per heavy atom. The number of hydrogen-bond acceptors (Lipinski definition) is 3. The van der Waals surface area contributed by atoms with Crippen LogP contribution in [0.3, 0.4) is 0 Å². The van der Waals surface area contributed by atoms with Crippen molar-refractivity contribution in [3.05, 3.63) is 29.8 Å². The Hall–Kier alpha value is -1.02. The molecule has 1 aromatic rings. The maximum Gasteiger partial charge on any atom is 0.191 e. The highest BCUT2D eigenvalue weighted by atomic mass is 127. The van der Waals surface area contributed by atoms with E-state index in [2.05, 4.69) is 41.6 Å². The number of ether oxygens (including phenoxy) is 2. The lowest BCUT2D eigenvalue weighted by atomic mass is 10.1. The molecule has 0 saturated carbocycles. The summed E-state index contributed by atoms with van der Waals surface area (Å²) in [5, 5.41) is 6.47. The van der Waals surface area contributed by atoms with Gasteiger partial charge in [0.1, 0.15) is 5.75 Å². The van der Waals surface area contributed by atoms with Gasteiger partial charge in [-0.3, -0.25) is 4.99 Å². The number of nitrogens with zero attached hydrogens (tertiary/aromatic N) is 1. The molecule has 23 heavy (non-hydrogen) atoms. The minimum atomic E-state index is 0. The second kappa shape index (κ2) is 13.4. The van der Waals surface area contributed by atoms with Gasteiger partial charge in [-0.2, -0.15) is 0 Å².